The molecule has 3 rings (SSSR count). The molecule has 188 valence electrons. The molecule has 6 nitrogen and oxygen atoms in total. The number of aliphatic imine (C=N–C) groups is 1. The fourth-order valence-electron chi connectivity index (χ4n) is 3.58. The number of benzene rings is 2. The number of ether oxygens (including phenoxy) is 2. The zero-order chi connectivity index (χ0) is 25.6. The van der Waals surface area contributed by atoms with E-state index in [9.17, 15) is 18.0 Å². The maximum Gasteiger partial charge on any atom is 0.416 e. The van der Waals surface area contributed by atoms with Gasteiger partial charge in [-0.3, -0.25) is 9.79 Å². The smallest absolute Gasteiger partial charge is 0.416 e. The van der Waals surface area contributed by atoms with Crippen LogP contribution in [0.25, 0.3) is 5.76 Å². The van der Waals surface area contributed by atoms with Gasteiger partial charge in [-0.2, -0.15) is 13.2 Å². The van der Waals surface area contributed by atoms with E-state index >= 15 is 0 Å². The van der Waals surface area contributed by atoms with E-state index in [1.54, 1.807) is 38.2 Å². The molecule has 1 aliphatic heterocycles. The van der Waals surface area contributed by atoms with Crippen molar-refractivity contribution < 1.29 is 27.4 Å². The molecule has 1 heterocycles. The van der Waals surface area contributed by atoms with Crippen molar-refractivity contribution >= 4 is 29.2 Å². The maximum absolute atomic E-state index is 12.8. The van der Waals surface area contributed by atoms with Crippen LogP contribution in [0.4, 0.5) is 13.2 Å². The number of amides is 1. The lowest BCUT2D eigenvalue weighted by Crippen LogP contribution is -2.54. The van der Waals surface area contributed by atoms with E-state index in [0.29, 0.717) is 41.6 Å². The Morgan fingerprint density at radius 2 is 1.83 bits per heavy atom. The molecule has 0 saturated carbocycles. The van der Waals surface area contributed by atoms with Gasteiger partial charge in [0, 0.05) is 30.2 Å². The first kappa shape index (κ1) is 26.6. The molecule has 1 saturated heterocycles. The van der Waals surface area contributed by atoms with Crippen molar-refractivity contribution in [2.24, 2.45) is 4.99 Å². The summed E-state index contributed by atoms with van der Waals surface area (Å²) in [4.78, 5) is 16.7. The number of nitrogens with one attached hydrogen (secondary N) is 2. The third-order valence-corrected chi connectivity index (χ3v) is 5.79. The molecule has 0 bridgehead atoms. The average molecular weight is 510 g/mol. The molecule has 3 atom stereocenters. The van der Waals surface area contributed by atoms with Crippen LogP contribution in [0.1, 0.15) is 30.9 Å². The molecule has 2 N–H and O–H groups in total. The fourth-order valence-corrected chi connectivity index (χ4v) is 3.71. The number of rotatable bonds is 7. The van der Waals surface area contributed by atoms with Gasteiger partial charge in [0.05, 0.1) is 11.6 Å². The van der Waals surface area contributed by atoms with Crippen LogP contribution >= 0.6 is 11.6 Å². The molecule has 10 heteroatoms. The van der Waals surface area contributed by atoms with Gasteiger partial charge in [0.25, 0.3) is 5.91 Å². The van der Waals surface area contributed by atoms with Gasteiger partial charge in [-0.1, -0.05) is 30.3 Å². The van der Waals surface area contributed by atoms with Gasteiger partial charge in [0.2, 0.25) is 5.90 Å². The number of alkyl halides is 3. The van der Waals surface area contributed by atoms with Crippen LogP contribution in [0.3, 0.4) is 0 Å². The van der Waals surface area contributed by atoms with Gasteiger partial charge >= 0.3 is 6.18 Å². The first-order chi connectivity index (χ1) is 16.6. The Morgan fingerprint density at radius 3 is 2.37 bits per heavy atom. The van der Waals surface area contributed by atoms with E-state index in [2.05, 4.69) is 22.2 Å². The minimum Gasteiger partial charge on any atom is -0.481 e. The predicted octanol–water partition coefficient (Wildman–Crippen LogP) is 5.08. The highest BCUT2D eigenvalue weighted by molar-refractivity contribution is 6.30. The molecule has 2 aromatic rings. The summed E-state index contributed by atoms with van der Waals surface area (Å²) >= 11 is 5.86. The van der Waals surface area contributed by atoms with Crippen molar-refractivity contribution in [3.63, 3.8) is 0 Å². The van der Waals surface area contributed by atoms with Crippen LogP contribution in [0.2, 0.25) is 5.02 Å². The van der Waals surface area contributed by atoms with Gasteiger partial charge in [0.15, 0.2) is 6.10 Å². The van der Waals surface area contributed by atoms with Crippen LogP contribution in [0.15, 0.2) is 60.1 Å². The molecular weight excluding hydrogens is 483 g/mol. The van der Waals surface area contributed by atoms with Crippen molar-refractivity contribution in [2.45, 2.75) is 44.1 Å². The van der Waals surface area contributed by atoms with Gasteiger partial charge in [0.1, 0.15) is 11.5 Å². The first-order valence-electron chi connectivity index (χ1n) is 11.0. The lowest BCUT2D eigenvalue weighted by Gasteiger charge is -2.31. The summed E-state index contributed by atoms with van der Waals surface area (Å²) in [5, 5.41) is 6.84. The number of carbonyl (C=O) groups excluding carboxylic acids is 1. The van der Waals surface area contributed by atoms with Crippen molar-refractivity contribution in [2.75, 3.05) is 13.6 Å². The molecule has 0 radical (unpaired) electrons. The second kappa shape index (κ2) is 11.6. The number of halogens is 4. The van der Waals surface area contributed by atoms with Gasteiger partial charge < -0.3 is 20.1 Å². The molecule has 1 amide bonds. The number of piperidine rings is 1. The summed E-state index contributed by atoms with van der Waals surface area (Å²) in [6.45, 7) is 5.98. The van der Waals surface area contributed by atoms with E-state index in [1.807, 2.05) is 0 Å². The minimum atomic E-state index is -4.41. The molecule has 0 aliphatic carbocycles. The number of hydrogen-bond donors (Lipinski definition) is 2. The predicted molar refractivity (Wildman–Crippen MR) is 129 cm³/mol. The normalized spacial score (nSPS) is 19.5. The summed E-state index contributed by atoms with van der Waals surface area (Å²) in [6, 6.07) is 11.0. The topological polar surface area (TPSA) is 72.0 Å². The van der Waals surface area contributed by atoms with Crippen molar-refractivity contribution in [3.8, 4) is 5.75 Å². The number of carbonyl (C=O) groups is 1. The largest absolute Gasteiger partial charge is 0.481 e. The fraction of sp³-hybridized carbons (Fsp3) is 0.360. The second-order valence-electron chi connectivity index (χ2n) is 8.12. The molecule has 35 heavy (non-hydrogen) atoms. The highest BCUT2D eigenvalue weighted by Crippen LogP contribution is 2.30. The molecular formula is C25H27ClF3N3O3. The number of hydrogen-bond acceptors (Lipinski definition) is 5. The second-order valence-corrected chi connectivity index (χ2v) is 8.56. The summed E-state index contributed by atoms with van der Waals surface area (Å²) in [5.74, 6) is 0.887. The third kappa shape index (κ3) is 7.47. The third-order valence-electron chi connectivity index (χ3n) is 5.54. The number of nitrogens with zero attached hydrogens (tertiary/aromatic N) is 1. The van der Waals surface area contributed by atoms with Crippen LogP contribution in [0.5, 0.6) is 5.75 Å². The Kier molecular flexibility index (Phi) is 8.80. The summed E-state index contributed by atoms with van der Waals surface area (Å²) < 4.78 is 49.8. The Bertz CT molecular complexity index is 1050. The highest BCUT2D eigenvalue weighted by Gasteiger charge is 2.31. The Labute approximate surface area is 207 Å². The van der Waals surface area contributed by atoms with Crippen molar-refractivity contribution in [1.29, 1.82) is 0 Å². The molecule has 0 aromatic heterocycles. The van der Waals surface area contributed by atoms with E-state index in [0.717, 1.165) is 12.1 Å². The average Bonchev–Trinajstić information content (AvgIpc) is 2.84. The van der Waals surface area contributed by atoms with Gasteiger partial charge in [-0.05, 0) is 56.2 Å². The molecule has 1 aliphatic rings. The van der Waals surface area contributed by atoms with E-state index < -0.39 is 17.8 Å². The molecule has 2 aromatic carbocycles. The van der Waals surface area contributed by atoms with E-state index in [4.69, 9.17) is 21.1 Å². The Balaban J connectivity index is 1.48. The molecule has 1 fully saturated rings. The van der Waals surface area contributed by atoms with Crippen LogP contribution in [0, 0.1) is 0 Å². The van der Waals surface area contributed by atoms with Crippen molar-refractivity contribution in [3.05, 3.63) is 71.3 Å². The van der Waals surface area contributed by atoms with Gasteiger partial charge in [-0.25, -0.2) is 0 Å². The minimum absolute atomic E-state index is 0.105. The van der Waals surface area contributed by atoms with Crippen LogP contribution < -0.4 is 15.4 Å². The Morgan fingerprint density at radius 1 is 1.17 bits per heavy atom. The van der Waals surface area contributed by atoms with E-state index in [1.165, 1.54) is 12.1 Å². The zero-order valence-corrected chi connectivity index (χ0v) is 20.1. The monoisotopic (exact) mass is 509 g/mol. The quantitative estimate of drug-likeness (QED) is 0.310. The SMILES string of the molecule is C=C(OC(=NC)C1CC[C@H](NC(=O)C(C)Oc2ccc(Cl)cc2)CN1)c1ccc(C(F)(F)F)cc1. The van der Waals surface area contributed by atoms with Crippen molar-refractivity contribution in [1.82, 2.24) is 10.6 Å². The summed E-state index contributed by atoms with van der Waals surface area (Å²) in [6.07, 6.45) is -3.79. The molecule has 2 unspecified atom stereocenters. The van der Waals surface area contributed by atoms with Gasteiger partial charge in [-0.15, -0.1) is 0 Å². The van der Waals surface area contributed by atoms with Crippen LogP contribution in [-0.4, -0.2) is 43.6 Å². The zero-order valence-electron chi connectivity index (χ0n) is 19.4. The maximum atomic E-state index is 12.8. The standard InChI is InChI=1S/C25H27ClF3N3O3/c1-15(17-4-6-18(7-5-17)25(27,28)29)35-24(30-3)22-13-10-20(14-31-22)32-23(33)16(2)34-21-11-8-19(26)9-12-21/h4-9,11-12,16,20,22,31H,1,10,13-14H2,2-3H3,(H,32,33)/t16?,20-,22?/m0/s1. The summed E-state index contributed by atoms with van der Waals surface area (Å²) in [5.41, 5.74) is -0.317. The lowest BCUT2D eigenvalue weighted by atomic mass is 10.00. The Hall–Kier alpha value is -3.04. The van der Waals surface area contributed by atoms with E-state index in [-0.39, 0.29) is 23.8 Å². The lowest BCUT2D eigenvalue weighted by molar-refractivity contribution is -0.137. The molecule has 0 spiro atoms. The first-order valence-corrected chi connectivity index (χ1v) is 11.4. The van der Waals surface area contributed by atoms with Crippen LogP contribution in [-0.2, 0) is 15.7 Å². The highest BCUT2D eigenvalue weighted by atomic mass is 35.5. The summed E-state index contributed by atoms with van der Waals surface area (Å²) in [7, 11) is 1.57.